The van der Waals surface area contributed by atoms with E-state index < -0.39 is 0 Å². The second-order valence-electron chi connectivity index (χ2n) is 4.16. The van der Waals surface area contributed by atoms with Gasteiger partial charge in [-0.05, 0) is 31.2 Å². The molecule has 0 saturated heterocycles. The maximum atomic E-state index is 11.7. The van der Waals surface area contributed by atoms with E-state index >= 15 is 0 Å². The van der Waals surface area contributed by atoms with Crippen molar-refractivity contribution in [3.63, 3.8) is 0 Å². The molecule has 1 amide bonds. The van der Waals surface area contributed by atoms with Crippen molar-refractivity contribution in [2.24, 2.45) is 0 Å². The highest BCUT2D eigenvalue weighted by Crippen LogP contribution is 2.13. The van der Waals surface area contributed by atoms with Crippen molar-refractivity contribution >= 4 is 17.4 Å². The van der Waals surface area contributed by atoms with Gasteiger partial charge in [-0.2, -0.15) is 0 Å². The largest absolute Gasteiger partial charge is 0.484 e. The molecule has 0 fully saturated rings. The molecule has 0 radical (unpaired) electrons. The minimum Gasteiger partial charge on any atom is -0.484 e. The number of ether oxygens (including phenoxy) is 1. The van der Waals surface area contributed by atoms with E-state index in [1.165, 1.54) is 6.92 Å². The molecule has 20 heavy (non-hydrogen) atoms. The number of benzene rings is 1. The molecule has 0 atom stereocenters. The molecule has 0 aliphatic carbocycles. The molecule has 102 valence electrons. The van der Waals surface area contributed by atoms with Crippen LogP contribution in [0.4, 0.5) is 5.69 Å². The Morgan fingerprint density at radius 2 is 2.10 bits per heavy atom. The minimum absolute atomic E-state index is 0.0461. The summed E-state index contributed by atoms with van der Waals surface area (Å²) in [6, 6.07) is 10.2. The van der Waals surface area contributed by atoms with Crippen molar-refractivity contribution in [3.8, 4) is 5.75 Å². The number of hydrogen-bond acceptors (Lipinski definition) is 4. The van der Waals surface area contributed by atoms with Crippen LogP contribution in [0.5, 0.6) is 5.75 Å². The molecule has 2 rings (SSSR count). The van der Waals surface area contributed by atoms with E-state index in [1.807, 2.05) is 0 Å². The summed E-state index contributed by atoms with van der Waals surface area (Å²) in [5.41, 5.74) is 1.16. The molecule has 0 aliphatic rings. The van der Waals surface area contributed by atoms with Crippen LogP contribution in [0.2, 0.25) is 0 Å². The lowest BCUT2D eigenvalue weighted by Gasteiger charge is -2.07. The van der Waals surface area contributed by atoms with Gasteiger partial charge in [0.15, 0.2) is 12.4 Å². The Hall–Kier alpha value is -2.69. The quantitative estimate of drug-likeness (QED) is 0.846. The van der Waals surface area contributed by atoms with E-state index in [4.69, 9.17) is 4.74 Å². The number of pyridine rings is 1. The Labute approximate surface area is 116 Å². The first-order chi connectivity index (χ1) is 9.65. The van der Waals surface area contributed by atoms with Crippen LogP contribution in [0.15, 0.2) is 48.8 Å². The zero-order valence-corrected chi connectivity index (χ0v) is 11.0. The number of anilines is 1. The number of carbonyl (C=O) groups is 2. The van der Waals surface area contributed by atoms with Crippen LogP contribution in [0.1, 0.15) is 17.3 Å². The topological polar surface area (TPSA) is 68.3 Å². The fraction of sp³-hybridized carbons (Fsp3) is 0.133. The highest BCUT2D eigenvalue weighted by Gasteiger charge is 2.05. The normalized spacial score (nSPS) is 9.85. The van der Waals surface area contributed by atoms with Crippen molar-refractivity contribution in [2.75, 3.05) is 11.9 Å². The maximum absolute atomic E-state index is 11.7. The smallest absolute Gasteiger partial charge is 0.262 e. The summed E-state index contributed by atoms with van der Waals surface area (Å²) in [5.74, 6) is 0.153. The predicted octanol–water partition coefficient (Wildman–Crippen LogP) is 2.30. The summed E-state index contributed by atoms with van der Waals surface area (Å²) in [7, 11) is 0. The molecule has 0 saturated carbocycles. The number of rotatable bonds is 5. The molecule has 1 N–H and O–H groups in total. The Balaban J connectivity index is 1.90. The molecule has 1 aromatic heterocycles. The molecule has 1 heterocycles. The number of aromatic nitrogens is 1. The van der Waals surface area contributed by atoms with E-state index in [1.54, 1.807) is 48.8 Å². The standard InChI is InChI=1S/C15H14N2O3/c1-11(18)12-4-2-6-14(8-12)20-10-15(19)17-13-5-3-7-16-9-13/h2-9H,10H2,1H3,(H,17,19). The second kappa shape index (κ2) is 6.47. The third kappa shape index (κ3) is 3.91. The van der Waals surface area contributed by atoms with Crippen LogP contribution in [0, 0.1) is 0 Å². The Kier molecular flexibility index (Phi) is 4.44. The van der Waals surface area contributed by atoms with Crippen LogP contribution in [0.3, 0.4) is 0 Å². The van der Waals surface area contributed by atoms with Gasteiger partial charge in [-0.25, -0.2) is 0 Å². The highest BCUT2D eigenvalue weighted by atomic mass is 16.5. The third-order valence-corrected chi connectivity index (χ3v) is 2.56. The van der Waals surface area contributed by atoms with Gasteiger partial charge < -0.3 is 10.1 Å². The number of hydrogen-bond donors (Lipinski definition) is 1. The van der Waals surface area contributed by atoms with Crippen molar-refractivity contribution in [1.82, 2.24) is 4.98 Å². The summed E-state index contributed by atoms with van der Waals surface area (Å²) in [4.78, 5) is 26.8. The van der Waals surface area contributed by atoms with Gasteiger partial charge in [0.05, 0.1) is 11.9 Å². The first kappa shape index (κ1) is 13.7. The summed E-state index contributed by atoms with van der Waals surface area (Å²) in [5, 5.41) is 2.66. The molecular weight excluding hydrogens is 256 g/mol. The van der Waals surface area contributed by atoms with E-state index in [-0.39, 0.29) is 18.3 Å². The molecule has 0 aliphatic heterocycles. The Bertz CT molecular complexity index is 612. The Morgan fingerprint density at radius 3 is 2.80 bits per heavy atom. The lowest BCUT2D eigenvalue weighted by molar-refractivity contribution is -0.118. The number of Topliss-reactive ketones (excluding diaryl/α,β-unsaturated/α-hetero) is 1. The molecule has 0 spiro atoms. The summed E-state index contributed by atoms with van der Waals surface area (Å²) >= 11 is 0. The lowest BCUT2D eigenvalue weighted by Crippen LogP contribution is -2.20. The van der Waals surface area contributed by atoms with Crippen molar-refractivity contribution < 1.29 is 14.3 Å². The monoisotopic (exact) mass is 270 g/mol. The van der Waals surface area contributed by atoms with Gasteiger partial charge in [-0.1, -0.05) is 12.1 Å². The van der Waals surface area contributed by atoms with E-state index in [0.29, 0.717) is 17.0 Å². The number of nitrogens with zero attached hydrogens (tertiary/aromatic N) is 1. The van der Waals surface area contributed by atoms with E-state index in [0.717, 1.165) is 0 Å². The van der Waals surface area contributed by atoms with Crippen LogP contribution in [-0.2, 0) is 4.79 Å². The highest BCUT2D eigenvalue weighted by molar-refractivity contribution is 5.94. The SMILES string of the molecule is CC(=O)c1cccc(OCC(=O)Nc2cccnc2)c1. The van der Waals surface area contributed by atoms with Crippen LogP contribution >= 0.6 is 0 Å². The summed E-state index contributed by atoms with van der Waals surface area (Å²) in [6.07, 6.45) is 3.17. The number of ketones is 1. The molecule has 5 nitrogen and oxygen atoms in total. The van der Waals surface area contributed by atoms with Crippen molar-refractivity contribution in [1.29, 1.82) is 0 Å². The van der Waals surface area contributed by atoms with Gasteiger partial charge in [-0.3, -0.25) is 14.6 Å². The predicted molar refractivity (Wildman–Crippen MR) is 74.8 cm³/mol. The van der Waals surface area contributed by atoms with E-state index in [9.17, 15) is 9.59 Å². The first-order valence-electron chi connectivity index (χ1n) is 6.09. The average Bonchev–Trinajstić information content (AvgIpc) is 2.46. The van der Waals surface area contributed by atoms with Crippen LogP contribution in [0.25, 0.3) is 0 Å². The Morgan fingerprint density at radius 1 is 1.25 bits per heavy atom. The van der Waals surface area contributed by atoms with Gasteiger partial charge in [0.1, 0.15) is 5.75 Å². The second-order valence-corrected chi connectivity index (χ2v) is 4.16. The van der Waals surface area contributed by atoms with Gasteiger partial charge in [0, 0.05) is 11.8 Å². The number of amides is 1. The summed E-state index contributed by atoms with van der Waals surface area (Å²) in [6.45, 7) is 1.35. The van der Waals surface area contributed by atoms with E-state index in [2.05, 4.69) is 10.3 Å². The van der Waals surface area contributed by atoms with Gasteiger partial charge in [-0.15, -0.1) is 0 Å². The maximum Gasteiger partial charge on any atom is 0.262 e. The molecule has 0 unspecified atom stereocenters. The number of carbonyl (C=O) groups excluding carboxylic acids is 2. The van der Waals surface area contributed by atoms with Crippen LogP contribution < -0.4 is 10.1 Å². The van der Waals surface area contributed by atoms with Gasteiger partial charge >= 0.3 is 0 Å². The van der Waals surface area contributed by atoms with Crippen molar-refractivity contribution in [2.45, 2.75) is 6.92 Å². The third-order valence-electron chi connectivity index (χ3n) is 2.56. The molecule has 5 heteroatoms. The molecule has 0 bridgehead atoms. The zero-order valence-electron chi connectivity index (χ0n) is 11.0. The number of nitrogens with one attached hydrogen (secondary N) is 1. The molecule has 2 aromatic rings. The van der Waals surface area contributed by atoms with Gasteiger partial charge in [0.2, 0.25) is 0 Å². The minimum atomic E-state index is -0.286. The fourth-order valence-electron chi connectivity index (χ4n) is 1.59. The zero-order chi connectivity index (χ0) is 14.4. The lowest BCUT2D eigenvalue weighted by atomic mass is 10.1. The first-order valence-corrected chi connectivity index (χ1v) is 6.09. The average molecular weight is 270 g/mol. The molecule has 1 aromatic carbocycles. The fourth-order valence-corrected chi connectivity index (χ4v) is 1.59. The van der Waals surface area contributed by atoms with Gasteiger partial charge in [0.25, 0.3) is 5.91 Å². The summed E-state index contributed by atoms with van der Waals surface area (Å²) < 4.78 is 5.35. The molecular formula is C15H14N2O3. The van der Waals surface area contributed by atoms with Crippen LogP contribution in [-0.4, -0.2) is 23.3 Å². The van der Waals surface area contributed by atoms with Crippen molar-refractivity contribution in [3.05, 3.63) is 54.4 Å².